The standard InChI is InChI=1S/C16H20F5N5O2/c1-10-2-3-11(4-6-22-7-5-13(27)16(19,20)21)14(28)26(24-10)12-8-23-25(9-12)15(17)18/h3,8-9,13,15,22,27H,2,4-7H2,1H3. The SMILES string of the molecule is CC1=NN(c2cnn(C(F)F)c2)C(=O)C(CCNCCC(O)C(F)(F)F)=CC1. The third-order valence-corrected chi connectivity index (χ3v) is 3.96. The Kier molecular flexibility index (Phi) is 7.24. The van der Waals surface area contributed by atoms with Crippen molar-refractivity contribution < 1.29 is 31.9 Å². The summed E-state index contributed by atoms with van der Waals surface area (Å²) in [5.74, 6) is -0.525. The Bertz CT molecular complexity index is 744. The number of hydrogen-bond acceptors (Lipinski definition) is 5. The molecule has 0 aliphatic carbocycles. The third kappa shape index (κ3) is 5.83. The molecular weight excluding hydrogens is 389 g/mol. The van der Waals surface area contributed by atoms with Gasteiger partial charge in [0, 0.05) is 17.7 Å². The average Bonchev–Trinajstić information content (AvgIpc) is 3.05. The maximum Gasteiger partial charge on any atom is 0.414 e. The fourth-order valence-corrected chi connectivity index (χ4v) is 2.43. The molecule has 12 heteroatoms. The van der Waals surface area contributed by atoms with E-state index in [9.17, 15) is 26.7 Å². The van der Waals surface area contributed by atoms with Crippen molar-refractivity contribution in [2.45, 2.75) is 45.0 Å². The van der Waals surface area contributed by atoms with Gasteiger partial charge in [-0.25, -0.2) is 4.68 Å². The van der Waals surface area contributed by atoms with Gasteiger partial charge in [-0.15, -0.1) is 0 Å². The minimum absolute atomic E-state index is 0.0808. The first-order valence-corrected chi connectivity index (χ1v) is 8.45. The van der Waals surface area contributed by atoms with Crippen molar-refractivity contribution in [2.75, 3.05) is 18.1 Å². The van der Waals surface area contributed by atoms with Crippen molar-refractivity contribution in [3.05, 3.63) is 24.0 Å². The van der Waals surface area contributed by atoms with Gasteiger partial charge in [0.2, 0.25) is 0 Å². The van der Waals surface area contributed by atoms with Crippen LogP contribution in [0.1, 0.15) is 32.7 Å². The fraction of sp³-hybridized carbons (Fsp3) is 0.562. The molecule has 2 rings (SSSR count). The van der Waals surface area contributed by atoms with Gasteiger partial charge in [-0.2, -0.15) is 37.2 Å². The van der Waals surface area contributed by atoms with Crippen molar-refractivity contribution in [2.24, 2.45) is 5.10 Å². The molecule has 0 bridgehead atoms. The second-order valence-corrected chi connectivity index (χ2v) is 6.19. The largest absolute Gasteiger partial charge is 0.414 e. The lowest BCUT2D eigenvalue weighted by atomic mass is 10.1. The summed E-state index contributed by atoms with van der Waals surface area (Å²) in [5, 5.41) is 20.2. The van der Waals surface area contributed by atoms with E-state index in [2.05, 4.69) is 15.5 Å². The number of amides is 1. The highest BCUT2D eigenvalue weighted by Gasteiger charge is 2.37. The molecule has 1 aliphatic heterocycles. The first-order chi connectivity index (χ1) is 13.1. The summed E-state index contributed by atoms with van der Waals surface area (Å²) in [7, 11) is 0. The van der Waals surface area contributed by atoms with Crippen LogP contribution in [0, 0.1) is 0 Å². The zero-order valence-corrected chi connectivity index (χ0v) is 15.0. The van der Waals surface area contributed by atoms with Crippen LogP contribution in [-0.4, -0.2) is 51.9 Å². The zero-order valence-electron chi connectivity index (χ0n) is 15.0. The molecule has 1 aromatic heterocycles. The molecule has 2 N–H and O–H groups in total. The number of aromatic nitrogens is 2. The van der Waals surface area contributed by atoms with Crippen LogP contribution in [0.2, 0.25) is 0 Å². The number of allylic oxidation sites excluding steroid dienone is 1. The Labute approximate surface area is 157 Å². The maximum atomic E-state index is 12.7. The van der Waals surface area contributed by atoms with E-state index < -0.39 is 31.2 Å². The number of nitrogens with zero attached hydrogens (tertiary/aromatic N) is 4. The van der Waals surface area contributed by atoms with Crippen LogP contribution in [0.5, 0.6) is 0 Å². The first kappa shape index (κ1) is 22.0. The number of alkyl halides is 5. The number of rotatable bonds is 8. The van der Waals surface area contributed by atoms with Crippen molar-refractivity contribution >= 4 is 17.3 Å². The number of halogens is 5. The molecule has 1 aromatic rings. The highest BCUT2D eigenvalue weighted by Crippen LogP contribution is 2.23. The Morgan fingerprint density at radius 3 is 2.64 bits per heavy atom. The van der Waals surface area contributed by atoms with Crippen molar-refractivity contribution in [1.82, 2.24) is 15.1 Å². The summed E-state index contributed by atoms with van der Waals surface area (Å²) in [6.45, 7) is -1.06. The molecule has 1 unspecified atom stereocenters. The van der Waals surface area contributed by atoms with Crippen LogP contribution in [0.4, 0.5) is 27.6 Å². The molecular formula is C16H20F5N5O2. The maximum absolute atomic E-state index is 12.7. The summed E-state index contributed by atoms with van der Waals surface area (Å²) < 4.78 is 62.5. The fourth-order valence-electron chi connectivity index (χ4n) is 2.43. The van der Waals surface area contributed by atoms with Gasteiger partial charge < -0.3 is 10.4 Å². The lowest BCUT2D eigenvalue weighted by Crippen LogP contribution is -2.33. The molecule has 7 nitrogen and oxygen atoms in total. The van der Waals surface area contributed by atoms with E-state index in [0.717, 1.165) is 17.4 Å². The molecule has 2 heterocycles. The van der Waals surface area contributed by atoms with E-state index in [-0.39, 0.29) is 25.2 Å². The summed E-state index contributed by atoms with van der Waals surface area (Å²) in [4.78, 5) is 12.7. The van der Waals surface area contributed by atoms with Crippen molar-refractivity contribution in [3.8, 4) is 0 Å². The topological polar surface area (TPSA) is 82.8 Å². The molecule has 0 saturated heterocycles. The van der Waals surface area contributed by atoms with Gasteiger partial charge in [-0.05, 0) is 32.9 Å². The van der Waals surface area contributed by atoms with Gasteiger partial charge in [0.25, 0.3) is 5.91 Å². The molecule has 156 valence electrons. The number of aliphatic hydroxyl groups excluding tert-OH is 1. The van der Waals surface area contributed by atoms with Crippen LogP contribution in [0.15, 0.2) is 29.1 Å². The smallest absolute Gasteiger partial charge is 0.384 e. The first-order valence-electron chi connectivity index (χ1n) is 8.45. The van der Waals surface area contributed by atoms with Crippen LogP contribution >= 0.6 is 0 Å². The second-order valence-electron chi connectivity index (χ2n) is 6.19. The van der Waals surface area contributed by atoms with Gasteiger partial charge in [0.15, 0.2) is 6.10 Å². The Hall–Kier alpha value is -2.34. The van der Waals surface area contributed by atoms with Crippen molar-refractivity contribution in [1.29, 1.82) is 0 Å². The van der Waals surface area contributed by atoms with Gasteiger partial charge in [0.05, 0.1) is 12.4 Å². The normalized spacial score (nSPS) is 16.9. The molecule has 1 aliphatic rings. The Balaban J connectivity index is 1.95. The Morgan fingerprint density at radius 1 is 1.32 bits per heavy atom. The van der Waals surface area contributed by atoms with E-state index in [1.165, 1.54) is 0 Å². The predicted molar refractivity (Wildman–Crippen MR) is 90.9 cm³/mol. The van der Waals surface area contributed by atoms with E-state index in [4.69, 9.17) is 5.11 Å². The van der Waals surface area contributed by atoms with Crippen LogP contribution in [-0.2, 0) is 4.79 Å². The number of anilines is 1. The summed E-state index contributed by atoms with van der Waals surface area (Å²) in [5.41, 5.74) is 1.00. The van der Waals surface area contributed by atoms with Crippen LogP contribution in [0.3, 0.4) is 0 Å². The quantitative estimate of drug-likeness (QED) is 0.511. The third-order valence-electron chi connectivity index (χ3n) is 3.96. The molecule has 0 fully saturated rings. The van der Waals surface area contributed by atoms with E-state index >= 15 is 0 Å². The predicted octanol–water partition coefficient (Wildman–Crippen LogP) is 2.61. The second kappa shape index (κ2) is 9.24. The van der Waals surface area contributed by atoms with Crippen LogP contribution < -0.4 is 10.3 Å². The van der Waals surface area contributed by atoms with Gasteiger partial charge in [0.1, 0.15) is 5.69 Å². The number of hydrazone groups is 1. The molecule has 0 spiro atoms. The number of carbonyl (C=O) groups excluding carboxylic acids is 1. The van der Waals surface area contributed by atoms with Gasteiger partial charge in [-0.1, -0.05) is 6.08 Å². The van der Waals surface area contributed by atoms with Gasteiger partial charge >= 0.3 is 12.7 Å². The highest BCUT2D eigenvalue weighted by molar-refractivity contribution is 6.08. The number of hydrogen-bond donors (Lipinski definition) is 2. The molecule has 0 aromatic carbocycles. The lowest BCUT2D eigenvalue weighted by molar-refractivity contribution is -0.204. The minimum atomic E-state index is -4.67. The monoisotopic (exact) mass is 409 g/mol. The molecule has 1 atom stereocenters. The number of carbonyl (C=O) groups is 1. The minimum Gasteiger partial charge on any atom is -0.384 e. The molecule has 0 radical (unpaired) electrons. The van der Waals surface area contributed by atoms with E-state index in [1.54, 1.807) is 13.0 Å². The molecule has 0 saturated carbocycles. The highest BCUT2D eigenvalue weighted by atomic mass is 19.4. The van der Waals surface area contributed by atoms with E-state index in [0.29, 0.717) is 22.4 Å². The summed E-state index contributed by atoms with van der Waals surface area (Å²) >= 11 is 0. The summed E-state index contributed by atoms with van der Waals surface area (Å²) in [6, 6.07) is 0. The lowest BCUT2D eigenvalue weighted by Gasteiger charge is -2.17. The summed E-state index contributed by atoms with van der Waals surface area (Å²) in [6.07, 6.45) is -3.27. The molecule has 1 amide bonds. The number of aliphatic hydroxyl groups is 1. The molecule has 28 heavy (non-hydrogen) atoms. The van der Waals surface area contributed by atoms with E-state index in [1.807, 2.05) is 0 Å². The average molecular weight is 409 g/mol. The van der Waals surface area contributed by atoms with Gasteiger partial charge in [-0.3, -0.25) is 4.79 Å². The number of nitrogens with one attached hydrogen (secondary N) is 1. The Morgan fingerprint density at radius 2 is 2.04 bits per heavy atom. The zero-order chi connectivity index (χ0) is 20.9. The van der Waals surface area contributed by atoms with Crippen molar-refractivity contribution in [3.63, 3.8) is 0 Å². The van der Waals surface area contributed by atoms with Crippen LogP contribution in [0.25, 0.3) is 0 Å².